The van der Waals surface area contributed by atoms with E-state index in [0.29, 0.717) is 5.76 Å². The molecule has 0 spiro atoms. The highest BCUT2D eigenvalue weighted by atomic mass is 16.3. The maximum atomic E-state index is 11.9. The van der Waals surface area contributed by atoms with Gasteiger partial charge in [0, 0.05) is 0 Å². The Balaban J connectivity index is 1.70. The third kappa shape index (κ3) is 2.84. The zero-order chi connectivity index (χ0) is 14.7. The molecule has 21 heavy (non-hydrogen) atoms. The predicted octanol–water partition coefficient (Wildman–Crippen LogP) is 2.09. The molecule has 0 unspecified atom stereocenters. The largest absolute Gasteiger partial charge is 0.463 e. The number of carbonyl (C=O) groups is 1. The fourth-order valence-electron chi connectivity index (χ4n) is 2.11. The fourth-order valence-corrected chi connectivity index (χ4v) is 2.11. The molecule has 1 aromatic carbocycles. The Hall–Kier alpha value is -2.89. The van der Waals surface area contributed by atoms with Crippen molar-refractivity contribution in [3.05, 3.63) is 54.2 Å². The summed E-state index contributed by atoms with van der Waals surface area (Å²) >= 11 is 0. The second-order valence-electron chi connectivity index (χ2n) is 4.54. The summed E-state index contributed by atoms with van der Waals surface area (Å²) in [4.78, 5) is 16.3. The van der Waals surface area contributed by atoms with E-state index in [0.717, 1.165) is 16.9 Å². The molecule has 1 amide bonds. The summed E-state index contributed by atoms with van der Waals surface area (Å²) in [7, 11) is 0. The number of aromatic nitrogens is 2. The molecular weight excluding hydrogens is 268 g/mol. The van der Waals surface area contributed by atoms with Crippen LogP contribution in [0, 0.1) is 6.92 Å². The number of carbonyl (C=O) groups excluding carboxylic acids is 1. The van der Waals surface area contributed by atoms with Gasteiger partial charge in [0.05, 0.1) is 23.5 Å². The van der Waals surface area contributed by atoms with Crippen LogP contribution in [0.4, 0.5) is 0 Å². The van der Waals surface area contributed by atoms with Gasteiger partial charge < -0.3 is 8.98 Å². The van der Waals surface area contributed by atoms with Crippen LogP contribution in [-0.4, -0.2) is 21.7 Å². The molecule has 3 rings (SSSR count). The molecular formula is C15H14N4O2. The zero-order valence-electron chi connectivity index (χ0n) is 11.5. The summed E-state index contributed by atoms with van der Waals surface area (Å²) in [6.07, 6.45) is 3.00. The first-order valence-corrected chi connectivity index (χ1v) is 6.51. The number of hydrazone groups is 1. The lowest BCUT2D eigenvalue weighted by molar-refractivity contribution is -0.121. The van der Waals surface area contributed by atoms with Gasteiger partial charge in [-0.2, -0.15) is 5.10 Å². The van der Waals surface area contributed by atoms with E-state index in [1.165, 1.54) is 6.21 Å². The molecule has 6 heteroatoms. The van der Waals surface area contributed by atoms with Crippen LogP contribution in [0.5, 0.6) is 0 Å². The standard InChI is InChI=1S/C15H14N4O2/c1-11-17-13-6-2-3-7-14(13)19(11)10-15(20)18-16-9-12-5-4-8-21-12/h2-9H,10H2,1H3,(H,18,20)/b16-9+. The summed E-state index contributed by atoms with van der Waals surface area (Å²) in [6.45, 7) is 2.04. The van der Waals surface area contributed by atoms with Gasteiger partial charge in [0.2, 0.25) is 0 Å². The highest BCUT2D eigenvalue weighted by molar-refractivity contribution is 5.82. The van der Waals surface area contributed by atoms with Crippen molar-refractivity contribution in [2.75, 3.05) is 0 Å². The maximum absolute atomic E-state index is 11.9. The molecule has 0 saturated carbocycles. The van der Waals surface area contributed by atoms with Crippen molar-refractivity contribution in [1.29, 1.82) is 0 Å². The second-order valence-corrected chi connectivity index (χ2v) is 4.54. The molecule has 0 saturated heterocycles. The number of para-hydroxylation sites is 2. The summed E-state index contributed by atoms with van der Waals surface area (Å²) in [6, 6.07) is 11.2. The summed E-state index contributed by atoms with van der Waals surface area (Å²) in [5.41, 5.74) is 4.28. The van der Waals surface area contributed by atoms with E-state index in [4.69, 9.17) is 4.42 Å². The molecule has 0 atom stereocenters. The average Bonchev–Trinajstić information content (AvgIpc) is 3.08. The van der Waals surface area contributed by atoms with Crippen LogP contribution in [0.3, 0.4) is 0 Å². The van der Waals surface area contributed by atoms with Crippen molar-refractivity contribution in [1.82, 2.24) is 15.0 Å². The van der Waals surface area contributed by atoms with Crippen LogP contribution in [0.25, 0.3) is 11.0 Å². The van der Waals surface area contributed by atoms with Crippen molar-refractivity contribution in [2.24, 2.45) is 5.10 Å². The Bertz CT molecular complexity index is 787. The Kier molecular flexibility index (Phi) is 3.51. The lowest BCUT2D eigenvalue weighted by Crippen LogP contribution is -2.23. The van der Waals surface area contributed by atoms with Crippen molar-refractivity contribution in [3.63, 3.8) is 0 Å². The second kappa shape index (κ2) is 5.62. The molecule has 3 aromatic rings. The van der Waals surface area contributed by atoms with Crippen LogP contribution in [-0.2, 0) is 11.3 Å². The molecule has 0 aliphatic rings. The smallest absolute Gasteiger partial charge is 0.260 e. The van der Waals surface area contributed by atoms with Crippen molar-refractivity contribution < 1.29 is 9.21 Å². The van der Waals surface area contributed by atoms with E-state index in [2.05, 4.69) is 15.5 Å². The van der Waals surface area contributed by atoms with Crippen LogP contribution in [0.1, 0.15) is 11.6 Å². The number of imidazole rings is 1. The first-order valence-electron chi connectivity index (χ1n) is 6.51. The predicted molar refractivity (Wildman–Crippen MR) is 78.9 cm³/mol. The molecule has 6 nitrogen and oxygen atoms in total. The molecule has 2 heterocycles. The Morgan fingerprint density at radius 1 is 1.38 bits per heavy atom. The number of hydrogen-bond acceptors (Lipinski definition) is 4. The normalized spacial score (nSPS) is 11.3. The third-order valence-corrected chi connectivity index (χ3v) is 3.07. The SMILES string of the molecule is Cc1nc2ccccc2n1CC(=O)N/N=C/c1ccco1. The first-order chi connectivity index (χ1) is 10.2. The molecule has 0 aliphatic carbocycles. The number of rotatable bonds is 4. The van der Waals surface area contributed by atoms with Crippen molar-refractivity contribution in [3.8, 4) is 0 Å². The molecule has 0 aliphatic heterocycles. The van der Waals surface area contributed by atoms with E-state index in [9.17, 15) is 4.79 Å². The number of fused-ring (bicyclic) bond motifs is 1. The fraction of sp³-hybridized carbons (Fsp3) is 0.133. The molecule has 0 fully saturated rings. The van der Waals surface area contributed by atoms with Gasteiger partial charge in [-0.1, -0.05) is 12.1 Å². The van der Waals surface area contributed by atoms with Gasteiger partial charge >= 0.3 is 0 Å². The summed E-state index contributed by atoms with van der Waals surface area (Å²) in [5.74, 6) is 1.16. The molecule has 2 aromatic heterocycles. The van der Waals surface area contributed by atoms with Gasteiger partial charge in [0.25, 0.3) is 5.91 Å². The summed E-state index contributed by atoms with van der Waals surface area (Å²) in [5, 5.41) is 3.85. The lowest BCUT2D eigenvalue weighted by Gasteiger charge is -2.05. The number of amides is 1. The molecule has 106 valence electrons. The van der Waals surface area contributed by atoms with E-state index in [-0.39, 0.29) is 12.5 Å². The van der Waals surface area contributed by atoms with Crippen molar-refractivity contribution >= 4 is 23.2 Å². The van der Waals surface area contributed by atoms with Gasteiger partial charge in [-0.05, 0) is 31.2 Å². The van der Waals surface area contributed by atoms with Gasteiger partial charge in [-0.15, -0.1) is 0 Å². The Morgan fingerprint density at radius 2 is 2.24 bits per heavy atom. The Labute approximate surface area is 121 Å². The van der Waals surface area contributed by atoms with Crippen molar-refractivity contribution in [2.45, 2.75) is 13.5 Å². The number of nitrogens with zero attached hydrogens (tertiary/aromatic N) is 3. The van der Waals surface area contributed by atoms with E-state index in [1.807, 2.05) is 35.8 Å². The Morgan fingerprint density at radius 3 is 3.05 bits per heavy atom. The minimum atomic E-state index is -0.218. The quantitative estimate of drug-likeness (QED) is 0.588. The molecule has 0 radical (unpaired) electrons. The number of nitrogens with one attached hydrogen (secondary N) is 1. The highest BCUT2D eigenvalue weighted by Crippen LogP contribution is 2.14. The number of benzene rings is 1. The monoisotopic (exact) mass is 282 g/mol. The number of aryl methyl sites for hydroxylation is 1. The van der Waals surface area contributed by atoms with Crippen LogP contribution >= 0.6 is 0 Å². The van der Waals surface area contributed by atoms with Gasteiger partial charge in [0.15, 0.2) is 0 Å². The van der Waals surface area contributed by atoms with Crippen LogP contribution in [0.15, 0.2) is 52.2 Å². The highest BCUT2D eigenvalue weighted by Gasteiger charge is 2.09. The van der Waals surface area contributed by atoms with Gasteiger partial charge in [0.1, 0.15) is 18.1 Å². The zero-order valence-corrected chi connectivity index (χ0v) is 11.5. The van der Waals surface area contributed by atoms with E-state index >= 15 is 0 Å². The minimum absolute atomic E-state index is 0.168. The molecule has 0 bridgehead atoms. The summed E-state index contributed by atoms with van der Waals surface area (Å²) < 4.78 is 6.94. The first kappa shape index (κ1) is 13.1. The maximum Gasteiger partial charge on any atom is 0.260 e. The van der Waals surface area contributed by atoms with E-state index in [1.54, 1.807) is 18.4 Å². The van der Waals surface area contributed by atoms with E-state index < -0.39 is 0 Å². The van der Waals surface area contributed by atoms with Crippen LogP contribution in [0.2, 0.25) is 0 Å². The third-order valence-electron chi connectivity index (χ3n) is 3.07. The number of hydrogen-bond donors (Lipinski definition) is 1. The average molecular weight is 282 g/mol. The minimum Gasteiger partial charge on any atom is -0.463 e. The van der Waals surface area contributed by atoms with Gasteiger partial charge in [-0.25, -0.2) is 10.4 Å². The number of furan rings is 1. The van der Waals surface area contributed by atoms with Crippen LogP contribution < -0.4 is 5.43 Å². The van der Waals surface area contributed by atoms with Gasteiger partial charge in [-0.3, -0.25) is 4.79 Å². The topological polar surface area (TPSA) is 72.4 Å². The lowest BCUT2D eigenvalue weighted by atomic mass is 10.3. The molecule has 1 N–H and O–H groups in total.